The maximum absolute atomic E-state index is 12.5. The van der Waals surface area contributed by atoms with Crippen LogP contribution in [0.1, 0.15) is 32.3 Å². The Balaban J connectivity index is 1.33. The van der Waals surface area contributed by atoms with E-state index in [9.17, 15) is 4.79 Å². The standard InChI is InChI=1S/C19H28N4O/c1-14(2)22-12-17(13-22)21-9-7-16(8-10-21)23-11-15-5-3-4-6-18(15)20-19(23)24/h3-6,14,16-17H,7-13H2,1-2H3,(H,20,24). The molecule has 4 rings (SSSR count). The summed E-state index contributed by atoms with van der Waals surface area (Å²) in [7, 11) is 0. The molecule has 1 aromatic rings. The summed E-state index contributed by atoms with van der Waals surface area (Å²) in [5.74, 6) is 0. The lowest BCUT2D eigenvalue weighted by Gasteiger charge is -2.50. The van der Waals surface area contributed by atoms with E-state index in [1.807, 2.05) is 23.1 Å². The van der Waals surface area contributed by atoms with Gasteiger partial charge in [-0.15, -0.1) is 0 Å². The van der Waals surface area contributed by atoms with Crippen LogP contribution in [0.4, 0.5) is 10.5 Å². The smallest absolute Gasteiger partial charge is 0.317 e. The number of anilines is 1. The summed E-state index contributed by atoms with van der Waals surface area (Å²) in [5.41, 5.74) is 2.20. The molecule has 0 aromatic heterocycles. The molecule has 3 aliphatic heterocycles. The molecule has 130 valence electrons. The lowest BCUT2D eigenvalue weighted by Crippen LogP contribution is -2.63. The third-order valence-corrected chi connectivity index (χ3v) is 5.94. The molecule has 5 nitrogen and oxygen atoms in total. The van der Waals surface area contributed by atoms with Gasteiger partial charge >= 0.3 is 6.03 Å². The number of carbonyl (C=O) groups is 1. The lowest BCUT2D eigenvalue weighted by atomic mass is 9.97. The first-order valence-electron chi connectivity index (χ1n) is 9.25. The number of benzene rings is 1. The average Bonchev–Trinajstić information content (AvgIpc) is 2.53. The van der Waals surface area contributed by atoms with Crippen LogP contribution in [-0.2, 0) is 6.54 Å². The molecule has 0 unspecified atom stereocenters. The maximum atomic E-state index is 12.5. The third kappa shape index (κ3) is 2.91. The largest absolute Gasteiger partial charge is 0.322 e. The van der Waals surface area contributed by atoms with Gasteiger partial charge in [-0.1, -0.05) is 18.2 Å². The van der Waals surface area contributed by atoms with Gasteiger partial charge in [0, 0.05) is 56.5 Å². The van der Waals surface area contributed by atoms with Crippen molar-refractivity contribution in [2.45, 2.75) is 51.4 Å². The maximum Gasteiger partial charge on any atom is 0.322 e. The van der Waals surface area contributed by atoms with Crippen LogP contribution in [0.15, 0.2) is 24.3 Å². The average molecular weight is 328 g/mol. The summed E-state index contributed by atoms with van der Waals surface area (Å²) in [6.07, 6.45) is 2.18. The number of urea groups is 1. The monoisotopic (exact) mass is 328 g/mol. The van der Waals surface area contributed by atoms with Crippen molar-refractivity contribution in [2.24, 2.45) is 0 Å². The van der Waals surface area contributed by atoms with E-state index in [2.05, 4.69) is 35.0 Å². The van der Waals surface area contributed by atoms with E-state index >= 15 is 0 Å². The predicted octanol–water partition coefficient (Wildman–Crippen LogP) is 2.59. The molecule has 0 radical (unpaired) electrons. The second-order valence-corrected chi connectivity index (χ2v) is 7.68. The second kappa shape index (κ2) is 6.37. The van der Waals surface area contributed by atoms with Gasteiger partial charge in [-0.25, -0.2) is 4.79 Å². The summed E-state index contributed by atoms with van der Waals surface area (Å²) < 4.78 is 0. The van der Waals surface area contributed by atoms with Crippen LogP contribution in [-0.4, -0.2) is 65.0 Å². The zero-order valence-corrected chi connectivity index (χ0v) is 14.7. The second-order valence-electron chi connectivity index (χ2n) is 7.68. The molecule has 2 fully saturated rings. The van der Waals surface area contributed by atoms with Gasteiger partial charge in [0.1, 0.15) is 0 Å². The Kier molecular flexibility index (Phi) is 4.22. The number of nitrogens with one attached hydrogen (secondary N) is 1. The highest BCUT2D eigenvalue weighted by molar-refractivity contribution is 5.92. The number of nitrogens with zero attached hydrogens (tertiary/aromatic N) is 3. The Labute approximate surface area is 144 Å². The van der Waals surface area contributed by atoms with E-state index < -0.39 is 0 Å². The molecule has 2 saturated heterocycles. The number of likely N-dealkylation sites (tertiary alicyclic amines) is 2. The first-order valence-corrected chi connectivity index (χ1v) is 9.25. The molecule has 24 heavy (non-hydrogen) atoms. The van der Waals surface area contributed by atoms with Crippen LogP contribution in [0, 0.1) is 0 Å². The fourth-order valence-corrected chi connectivity index (χ4v) is 4.22. The van der Waals surface area contributed by atoms with Crippen molar-refractivity contribution in [3.05, 3.63) is 29.8 Å². The van der Waals surface area contributed by atoms with Crippen LogP contribution in [0.3, 0.4) is 0 Å². The molecular weight excluding hydrogens is 300 g/mol. The van der Waals surface area contributed by atoms with Gasteiger partial charge in [-0.05, 0) is 38.3 Å². The molecule has 1 N–H and O–H groups in total. The van der Waals surface area contributed by atoms with Crippen molar-refractivity contribution in [1.29, 1.82) is 0 Å². The third-order valence-electron chi connectivity index (χ3n) is 5.94. The molecular formula is C19H28N4O. The Hall–Kier alpha value is -1.59. The summed E-state index contributed by atoms with van der Waals surface area (Å²) in [6, 6.07) is 9.97. The molecule has 3 heterocycles. The van der Waals surface area contributed by atoms with Crippen LogP contribution in [0.5, 0.6) is 0 Å². The Bertz CT molecular complexity index is 603. The number of hydrogen-bond donors (Lipinski definition) is 1. The molecule has 2 amide bonds. The summed E-state index contributed by atoms with van der Waals surface area (Å²) in [5, 5.41) is 3.05. The van der Waals surface area contributed by atoms with E-state index in [-0.39, 0.29) is 6.03 Å². The number of rotatable bonds is 3. The molecule has 0 bridgehead atoms. The quantitative estimate of drug-likeness (QED) is 0.927. The fraction of sp³-hybridized carbons (Fsp3) is 0.632. The van der Waals surface area contributed by atoms with Crippen molar-refractivity contribution in [2.75, 3.05) is 31.5 Å². The predicted molar refractivity (Wildman–Crippen MR) is 96.1 cm³/mol. The minimum Gasteiger partial charge on any atom is -0.317 e. The molecule has 0 atom stereocenters. The van der Waals surface area contributed by atoms with E-state index in [0.717, 1.165) is 44.2 Å². The number of para-hydroxylation sites is 1. The molecule has 0 saturated carbocycles. The first kappa shape index (κ1) is 15.9. The summed E-state index contributed by atoms with van der Waals surface area (Å²) in [6.45, 7) is 9.95. The normalized spacial score (nSPS) is 24.0. The minimum atomic E-state index is 0.0711. The highest BCUT2D eigenvalue weighted by Gasteiger charge is 2.37. The molecule has 1 aromatic carbocycles. The van der Waals surface area contributed by atoms with E-state index in [1.54, 1.807) is 0 Å². The van der Waals surface area contributed by atoms with Gasteiger partial charge < -0.3 is 10.2 Å². The molecule has 0 aliphatic carbocycles. The minimum absolute atomic E-state index is 0.0711. The van der Waals surface area contributed by atoms with Gasteiger partial charge in [0.2, 0.25) is 0 Å². The number of hydrogen-bond acceptors (Lipinski definition) is 3. The topological polar surface area (TPSA) is 38.8 Å². The van der Waals surface area contributed by atoms with Crippen LogP contribution >= 0.6 is 0 Å². The fourth-order valence-electron chi connectivity index (χ4n) is 4.22. The van der Waals surface area contributed by atoms with E-state index in [1.165, 1.54) is 18.7 Å². The van der Waals surface area contributed by atoms with Crippen LogP contribution < -0.4 is 5.32 Å². The SMILES string of the molecule is CC(C)N1CC(N2CCC(N3Cc4ccccc4NC3=O)CC2)C1. The van der Waals surface area contributed by atoms with Crippen molar-refractivity contribution in [3.63, 3.8) is 0 Å². The lowest BCUT2D eigenvalue weighted by molar-refractivity contribution is -0.00590. The molecule has 3 aliphatic rings. The Morgan fingerprint density at radius 2 is 1.79 bits per heavy atom. The van der Waals surface area contributed by atoms with Crippen molar-refractivity contribution in [1.82, 2.24) is 14.7 Å². The van der Waals surface area contributed by atoms with Gasteiger partial charge in [0.15, 0.2) is 0 Å². The van der Waals surface area contributed by atoms with Gasteiger partial charge in [-0.2, -0.15) is 0 Å². The Morgan fingerprint density at radius 3 is 2.50 bits per heavy atom. The van der Waals surface area contributed by atoms with E-state index in [4.69, 9.17) is 0 Å². The highest BCUT2D eigenvalue weighted by Crippen LogP contribution is 2.29. The zero-order valence-electron chi connectivity index (χ0n) is 14.7. The van der Waals surface area contributed by atoms with Gasteiger partial charge in [0.05, 0.1) is 0 Å². The zero-order chi connectivity index (χ0) is 16.7. The van der Waals surface area contributed by atoms with Crippen LogP contribution in [0.2, 0.25) is 0 Å². The van der Waals surface area contributed by atoms with Crippen molar-refractivity contribution < 1.29 is 4.79 Å². The molecule has 0 spiro atoms. The Morgan fingerprint density at radius 1 is 1.08 bits per heavy atom. The van der Waals surface area contributed by atoms with Crippen molar-refractivity contribution in [3.8, 4) is 0 Å². The number of fused-ring (bicyclic) bond motifs is 1. The van der Waals surface area contributed by atoms with Crippen molar-refractivity contribution >= 4 is 11.7 Å². The number of carbonyl (C=O) groups excluding carboxylic acids is 1. The molecule has 5 heteroatoms. The van der Waals surface area contributed by atoms with E-state index in [0.29, 0.717) is 12.1 Å². The summed E-state index contributed by atoms with van der Waals surface area (Å²) in [4.78, 5) is 19.7. The highest BCUT2D eigenvalue weighted by atomic mass is 16.2. The van der Waals surface area contributed by atoms with Gasteiger partial charge in [0.25, 0.3) is 0 Å². The van der Waals surface area contributed by atoms with Crippen LogP contribution in [0.25, 0.3) is 0 Å². The number of amides is 2. The van der Waals surface area contributed by atoms with Gasteiger partial charge in [-0.3, -0.25) is 9.80 Å². The summed E-state index contributed by atoms with van der Waals surface area (Å²) >= 11 is 0. The first-order chi connectivity index (χ1) is 11.6. The number of piperidine rings is 1.